The Morgan fingerprint density at radius 3 is 2.28 bits per heavy atom. The van der Waals surface area contributed by atoms with Crippen LogP contribution in [0.3, 0.4) is 0 Å². The van der Waals surface area contributed by atoms with Gasteiger partial charge in [0.15, 0.2) is 8.32 Å². The first-order chi connectivity index (χ1) is 8.55. The van der Waals surface area contributed by atoms with Crippen LogP contribution in [0.5, 0.6) is 0 Å². The van der Waals surface area contributed by atoms with Crippen LogP contribution in [0, 0.1) is 0 Å². The first kappa shape index (κ1) is 15.5. The molecule has 1 amide bonds. The van der Waals surface area contributed by atoms with Crippen LogP contribution in [-0.2, 0) is 9.16 Å². The Balaban J connectivity index is 2.53. The van der Waals surface area contributed by atoms with Gasteiger partial charge in [0.25, 0.3) is 0 Å². The summed E-state index contributed by atoms with van der Waals surface area (Å²) in [6, 6.07) is 3.41. The first-order valence-corrected chi connectivity index (χ1v) is 9.42. The van der Waals surface area contributed by atoms with E-state index >= 15 is 0 Å². The standard InChI is InChI=1S/C12H26N2O3Si/c1-4-18(5-2,6-3)17-11-7-10(8-14-9-11)16-12(13)15/h10-11,14H,4-9H2,1-3H3,(H2,13,15)/t10-,11+/m0/s1. The van der Waals surface area contributed by atoms with Crippen LogP contribution in [0.25, 0.3) is 0 Å². The van der Waals surface area contributed by atoms with Crippen molar-refractivity contribution in [3.05, 3.63) is 0 Å². The molecule has 2 atom stereocenters. The topological polar surface area (TPSA) is 73.6 Å². The van der Waals surface area contributed by atoms with Gasteiger partial charge in [-0.1, -0.05) is 20.8 Å². The third kappa shape index (κ3) is 4.26. The number of carbonyl (C=O) groups is 1. The van der Waals surface area contributed by atoms with Gasteiger partial charge >= 0.3 is 6.09 Å². The lowest BCUT2D eigenvalue weighted by molar-refractivity contribution is 0.0424. The van der Waals surface area contributed by atoms with Gasteiger partial charge in [0.2, 0.25) is 0 Å². The van der Waals surface area contributed by atoms with Crippen molar-refractivity contribution in [2.75, 3.05) is 13.1 Å². The normalized spacial score (nSPS) is 24.8. The molecule has 1 fully saturated rings. The number of hydrogen-bond donors (Lipinski definition) is 2. The van der Waals surface area contributed by atoms with Crippen LogP contribution in [0.15, 0.2) is 0 Å². The van der Waals surface area contributed by atoms with Crippen molar-refractivity contribution >= 4 is 14.4 Å². The van der Waals surface area contributed by atoms with Crippen molar-refractivity contribution < 1.29 is 14.0 Å². The molecule has 5 nitrogen and oxygen atoms in total. The first-order valence-electron chi connectivity index (χ1n) is 6.89. The number of primary amides is 1. The molecule has 1 saturated heterocycles. The van der Waals surface area contributed by atoms with E-state index in [1.807, 2.05) is 0 Å². The summed E-state index contributed by atoms with van der Waals surface area (Å²) in [6.45, 7) is 8.15. The molecule has 0 aliphatic carbocycles. The average Bonchev–Trinajstić information content (AvgIpc) is 2.36. The van der Waals surface area contributed by atoms with E-state index in [2.05, 4.69) is 26.1 Å². The Hall–Kier alpha value is -0.593. The molecule has 0 bridgehead atoms. The minimum Gasteiger partial charge on any atom is -0.445 e. The number of hydrogen-bond acceptors (Lipinski definition) is 4. The van der Waals surface area contributed by atoms with Crippen molar-refractivity contribution in [3.8, 4) is 0 Å². The predicted molar refractivity (Wildman–Crippen MR) is 74.0 cm³/mol. The zero-order valence-electron chi connectivity index (χ0n) is 11.7. The second kappa shape index (κ2) is 7.11. The number of piperidine rings is 1. The van der Waals surface area contributed by atoms with Crippen LogP contribution in [0.1, 0.15) is 27.2 Å². The van der Waals surface area contributed by atoms with Crippen molar-refractivity contribution in [3.63, 3.8) is 0 Å². The Labute approximate surface area is 111 Å². The largest absolute Gasteiger partial charge is 0.445 e. The molecule has 0 saturated carbocycles. The lowest BCUT2D eigenvalue weighted by Gasteiger charge is -2.37. The summed E-state index contributed by atoms with van der Waals surface area (Å²) in [7, 11) is -1.59. The van der Waals surface area contributed by atoms with Crippen LogP contribution < -0.4 is 11.1 Å². The van der Waals surface area contributed by atoms with Gasteiger partial charge in [-0.15, -0.1) is 0 Å². The van der Waals surface area contributed by atoms with E-state index in [-0.39, 0.29) is 12.2 Å². The van der Waals surface area contributed by atoms with E-state index in [1.165, 1.54) is 0 Å². The van der Waals surface area contributed by atoms with Gasteiger partial charge in [-0.25, -0.2) is 4.79 Å². The van der Waals surface area contributed by atoms with Crippen molar-refractivity contribution in [2.45, 2.75) is 57.5 Å². The third-order valence-electron chi connectivity index (χ3n) is 3.90. The number of nitrogens with one attached hydrogen (secondary N) is 1. The smallest absolute Gasteiger partial charge is 0.404 e. The van der Waals surface area contributed by atoms with Gasteiger partial charge in [0.1, 0.15) is 6.10 Å². The van der Waals surface area contributed by atoms with Gasteiger partial charge in [0.05, 0.1) is 6.10 Å². The van der Waals surface area contributed by atoms with Gasteiger partial charge in [-0.2, -0.15) is 0 Å². The molecule has 0 spiro atoms. The van der Waals surface area contributed by atoms with Crippen molar-refractivity contribution in [1.29, 1.82) is 0 Å². The second-order valence-corrected chi connectivity index (χ2v) is 9.66. The third-order valence-corrected chi connectivity index (χ3v) is 8.60. The maximum absolute atomic E-state index is 10.8. The molecule has 1 heterocycles. The number of amides is 1. The van der Waals surface area contributed by atoms with Crippen LogP contribution in [0.2, 0.25) is 18.1 Å². The highest BCUT2D eigenvalue weighted by atomic mass is 28.4. The summed E-state index contributed by atoms with van der Waals surface area (Å²) in [6.07, 6.45) is 0.0468. The average molecular weight is 274 g/mol. The predicted octanol–water partition coefficient (Wildman–Crippen LogP) is 1.83. The Kier molecular flexibility index (Phi) is 6.11. The van der Waals surface area contributed by atoms with E-state index in [0.717, 1.165) is 31.1 Å². The Morgan fingerprint density at radius 2 is 1.78 bits per heavy atom. The molecule has 1 aliphatic heterocycles. The quantitative estimate of drug-likeness (QED) is 0.725. The molecule has 1 aliphatic rings. The molecule has 0 radical (unpaired) electrons. The summed E-state index contributed by atoms with van der Waals surface area (Å²) in [5, 5.41) is 3.25. The van der Waals surface area contributed by atoms with Crippen LogP contribution in [0.4, 0.5) is 4.79 Å². The fourth-order valence-corrected chi connectivity index (χ4v) is 5.45. The molecule has 3 N–H and O–H groups in total. The molecule has 0 unspecified atom stereocenters. The van der Waals surface area contributed by atoms with Gasteiger partial charge in [-0.05, 0) is 18.1 Å². The highest BCUT2D eigenvalue weighted by Gasteiger charge is 2.34. The van der Waals surface area contributed by atoms with Crippen molar-refractivity contribution in [2.24, 2.45) is 5.73 Å². The van der Waals surface area contributed by atoms with Crippen LogP contribution in [-0.4, -0.2) is 39.7 Å². The van der Waals surface area contributed by atoms with Gasteiger partial charge < -0.3 is 20.2 Å². The molecule has 106 valence electrons. The van der Waals surface area contributed by atoms with E-state index in [0.29, 0.717) is 6.54 Å². The highest BCUT2D eigenvalue weighted by Crippen LogP contribution is 2.25. The highest BCUT2D eigenvalue weighted by molar-refractivity contribution is 6.73. The summed E-state index contributed by atoms with van der Waals surface area (Å²) in [4.78, 5) is 10.8. The number of rotatable bonds is 6. The maximum atomic E-state index is 10.8. The molecule has 0 aromatic heterocycles. The monoisotopic (exact) mass is 274 g/mol. The molecular weight excluding hydrogens is 248 g/mol. The zero-order chi connectivity index (χ0) is 13.6. The van der Waals surface area contributed by atoms with E-state index in [4.69, 9.17) is 14.9 Å². The van der Waals surface area contributed by atoms with Crippen molar-refractivity contribution in [1.82, 2.24) is 5.32 Å². The van der Waals surface area contributed by atoms with Crippen LogP contribution >= 0.6 is 0 Å². The lowest BCUT2D eigenvalue weighted by atomic mass is 10.1. The summed E-state index contributed by atoms with van der Waals surface area (Å²) in [5.74, 6) is 0. The molecule has 0 aromatic carbocycles. The number of carbonyl (C=O) groups excluding carboxylic acids is 1. The molecular formula is C12H26N2O3Si. The molecule has 18 heavy (non-hydrogen) atoms. The fourth-order valence-electron chi connectivity index (χ4n) is 2.56. The molecule has 0 aromatic rings. The number of nitrogens with two attached hydrogens (primary N) is 1. The number of ether oxygens (including phenoxy) is 1. The minimum atomic E-state index is -1.59. The molecule has 1 rings (SSSR count). The van der Waals surface area contributed by atoms with Gasteiger partial charge in [0, 0.05) is 19.5 Å². The summed E-state index contributed by atoms with van der Waals surface area (Å²) < 4.78 is 11.4. The maximum Gasteiger partial charge on any atom is 0.404 e. The Morgan fingerprint density at radius 1 is 1.22 bits per heavy atom. The van der Waals surface area contributed by atoms with E-state index < -0.39 is 14.4 Å². The second-order valence-electron chi connectivity index (χ2n) is 4.94. The minimum absolute atomic E-state index is 0.148. The summed E-state index contributed by atoms with van der Waals surface area (Å²) >= 11 is 0. The zero-order valence-corrected chi connectivity index (χ0v) is 12.7. The SMILES string of the molecule is CC[Si](CC)(CC)O[C@H]1CNC[C@@H](OC(N)=O)C1. The van der Waals surface area contributed by atoms with Gasteiger partial charge in [-0.3, -0.25) is 0 Å². The van der Waals surface area contributed by atoms with E-state index in [9.17, 15) is 4.79 Å². The van der Waals surface area contributed by atoms with E-state index in [1.54, 1.807) is 0 Å². The lowest BCUT2D eigenvalue weighted by Crippen LogP contribution is -2.50. The summed E-state index contributed by atoms with van der Waals surface area (Å²) in [5.41, 5.74) is 5.05. The fraction of sp³-hybridized carbons (Fsp3) is 0.917. The molecule has 6 heteroatoms. The Bertz CT molecular complexity index is 264.